The lowest BCUT2D eigenvalue weighted by molar-refractivity contribution is -0.144. The summed E-state index contributed by atoms with van der Waals surface area (Å²) >= 11 is 5.98. The maximum Gasteiger partial charge on any atom is 0.451 e. The van der Waals surface area contributed by atoms with Crippen molar-refractivity contribution < 1.29 is 27.0 Å². The number of nitrogens with one attached hydrogen (secondary N) is 1. The molecule has 0 amide bonds. The Kier molecular flexibility index (Phi) is 7.92. The van der Waals surface area contributed by atoms with Crippen LogP contribution in [0.1, 0.15) is 59.6 Å². The van der Waals surface area contributed by atoms with Crippen molar-refractivity contribution in [2.75, 3.05) is 19.7 Å². The number of aromatic amines is 1. The highest BCUT2D eigenvalue weighted by molar-refractivity contribution is 6.30. The fraction of sp³-hybridized carbons (Fsp3) is 0.353. The molecule has 14 heteroatoms. The molecule has 3 aliphatic rings. The van der Waals surface area contributed by atoms with Gasteiger partial charge in [0.2, 0.25) is 5.82 Å². The highest BCUT2D eigenvalue weighted by Gasteiger charge is 2.36. The first kappa shape index (κ1) is 31.0. The maximum atomic E-state index is 14.7. The number of alkyl halides is 3. The average molecular weight is 680 g/mol. The van der Waals surface area contributed by atoms with Crippen molar-refractivity contribution in [3.8, 4) is 17.3 Å². The lowest BCUT2D eigenvalue weighted by Crippen LogP contribution is -2.35. The Hall–Kier alpha value is -4.33. The Morgan fingerprint density at radius 3 is 2.58 bits per heavy atom. The molecule has 48 heavy (non-hydrogen) atoms. The van der Waals surface area contributed by atoms with Gasteiger partial charge in [0, 0.05) is 22.8 Å². The number of piperidine rings is 1. The van der Waals surface area contributed by atoms with Crippen LogP contribution in [0.15, 0.2) is 54.7 Å². The molecule has 0 radical (unpaired) electrons. The van der Waals surface area contributed by atoms with Crippen molar-refractivity contribution in [2.24, 2.45) is 0 Å². The zero-order chi connectivity index (χ0) is 33.0. The molecule has 248 valence electrons. The minimum atomic E-state index is -4.64. The second-order valence-electron chi connectivity index (χ2n) is 12.4. The van der Waals surface area contributed by atoms with Crippen LogP contribution in [0.5, 0.6) is 5.75 Å². The van der Waals surface area contributed by atoms with Gasteiger partial charge in [0.15, 0.2) is 5.82 Å². The van der Waals surface area contributed by atoms with E-state index >= 15 is 0 Å². The number of nitrogens with zero attached hydrogens (tertiary/aromatic N) is 6. The highest BCUT2D eigenvalue weighted by Crippen LogP contribution is 2.42. The van der Waals surface area contributed by atoms with Gasteiger partial charge in [-0.3, -0.25) is 15.0 Å². The van der Waals surface area contributed by atoms with Crippen LogP contribution in [0, 0.1) is 5.82 Å². The SMILES string of the molecule is Fc1cc(Cl)ccc1C1C=Cc2cccc(C3CCN(Cc4nc5cc(-c6n[nH]c(C(F)(F)F)n6)ncc5n4CC4CCO4)CC3)c2O1. The van der Waals surface area contributed by atoms with Gasteiger partial charge < -0.3 is 14.0 Å². The number of ether oxygens (including phenoxy) is 2. The van der Waals surface area contributed by atoms with Crippen LogP contribution < -0.4 is 4.74 Å². The van der Waals surface area contributed by atoms with Gasteiger partial charge in [-0.25, -0.2) is 14.4 Å². The first-order chi connectivity index (χ1) is 23.2. The molecule has 6 heterocycles. The predicted molar refractivity (Wildman–Crippen MR) is 170 cm³/mol. The molecule has 2 aromatic carbocycles. The lowest BCUT2D eigenvalue weighted by atomic mass is 9.87. The molecule has 8 rings (SSSR count). The Balaban J connectivity index is 0.999. The van der Waals surface area contributed by atoms with Crippen molar-refractivity contribution in [3.63, 3.8) is 0 Å². The molecular formula is C34H30ClF4N7O2. The summed E-state index contributed by atoms with van der Waals surface area (Å²) in [6, 6.07) is 12.4. The number of hydrogen-bond acceptors (Lipinski definition) is 7. The Bertz CT molecular complexity index is 2010. The van der Waals surface area contributed by atoms with Crippen molar-refractivity contribution >= 4 is 28.7 Å². The molecule has 3 aromatic heterocycles. The van der Waals surface area contributed by atoms with Gasteiger partial charge in [-0.1, -0.05) is 41.9 Å². The van der Waals surface area contributed by atoms with E-state index in [-0.39, 0.29) is 23.5 Å². The number of imidazole rings is 1. The normalized spacial score (nSPS) is 20.1. The van der Waals surface area contributed by atoms with Gasteiger partial charge in [0.25, 0.3) is 0 Å². The van der Waals surface area contributed by atoms with E-state index in [2.05, 4.69) is 30.6 Å². The van der Waals surface area contributed by atoms with Crippen LogP contribution in [-0.4, -0.2) is 60.4 Å². The standard InChI is InChI=1S/C34H30ClF4N7O2/c35-21-5-6-24(25(36)14-21)29-7-4-20-2-1-3-23(31(20)48-29)19-8-11-45(12-9-19)18-30-41-26-15-27(32-42-33(44-43-32)34(37,38)39)40-16-28(26)46(30)17-22-10-13-47-22/h1-7,14-16,19,22,29H,8-13,17-18H2,(H,42,43,44). The molecule has 0 spiro atoms. The number of aromatic nitrogens is 6. The number of para-hydroxylation sites is 1. The minimum absolute atomic E-state index is 0.0670. The van der Waals surface area contributed by atoms with Crippen LogP contribution in [0.4, 0.5) is 17.6 Å². The molecule has 2 unspecified atom stereocenters. The number of hydrogen-bond donors (Lipinski definition) is 1. The lowest BCUT2D eigenvalue weighted by Gasteiger charge is -2.34. The molecule has 2 atom stereocenters. The fourth-order valence-corrected chi connectivity index (χ4v) is 6.84. The molecule has 9 nitrogen and oxygen atoms in total. The number of benzene rings is 2. The summed E-state index contributed by atoms with van der Waals surface area (Å²) in [5, 5.41) is 6.01. The topological polar surface area (TPSA) is 94.0 Å². The summed E-state index contributed by atoms with van der Waals surface area (Å²) in [5.41, 5.74) is 4.11. The van der Waals surface area contributed by atoms with Gasteiger partial charge in [-0.15, -0.1) is 0 Å². The van der Waals surface area contributed by atoms with Crippen LogP contribution in [0.25, 0.3) is 28.6 Å². The summed E-state index contributed by atoms with van der Waals surface area (Å²) < 4.78 is 68.3. The Morgan fingerprint density at radius 2 is 1.85 bits per heavy atom. The fourth-order valence-electron chi connectivity index (χ4n) is 6.68. The molecule has 0 saturated carbocycles. The van der Waals surface area contributed by atoms with E-state index in [1.807, 2.05) is 29.4 Å². The summed E-state index contributed by atoms with van der Waals surface area (Å²) in [5.74, 6) is 0.166. The van der Waals surface area contributed by atoms with Crippen molar-refractivity contribution in [1.82, 2.24) is 34.6 Å². The molecular weight excluding hydrogens is 650 g/mol. The highest BCUT2D eigenvalue weighted by atomic mass is 35.5. The van der Waals surface area contributed by atoms with Gasteiger partial charge in [-0.05, 0) is 68.1 Å². The zero-order valence-electron chi connectivity index (χ0n) is 25.6. The molecule has 2 saturated heterocycles. The quantitative estimate of drug-likeness (QED) is 0.180. The van der Waals surface area contributed by atoms with E-state index in [0.29, 0.717) is 35.8 Å². The third kappa shape index (κ3) is 5.95. The summed E-state index contributed by atoms with van der Waals surface area (Å²) in [4.78, 5) is 15.2. The van der Waals surface area contributed by atoms with E-state index < -0.39 is 23.9 Å². The number of fused-ring (bicyclic) bond motifs is 2. The first-order valence-electron chi connectivity index (χ1n) is 15.8. The van der Waals surface area contributed by atoms with Gasteiger partial charge in [0.1, 0.15) is 29.2 Å². The molecule has 0 aliphatic carbocycles. The van der Waals surface area contributed by atoms with Crippen LogP contribution in [-0.2, 0) is 24.0 Å². The van der Waals surface area contributed by atoms with Crippen molar-refractivity contribution in [2.45, 2.75) is 56.7 Å². The molecule has 0 bridgehead atoms. The number of halogens is 5. The van der Waals surface area contributed by atoms with Crippen LogP contribution >= 0.6 is 11.6 Å². The Labute approximate surface area is 277 Å². The van der Waals surface area contributed by atoms with Gasteiger partial charge in [0.05, 0.1) is 36.4 Å². The second kappa shape index (κ2) is 12.3. The average Bonchev–Trinajstić information content (AvgIpc) is 3.68. The predicted octanol–water partition coefficient (Wildman–Crippen LogP) is 7.34. The summed E-state index contributed by atoms with van der Waals surface area (Å²) in [6.45, 7) is 3.56. The third-order valence-corrected chi connectivity index (χ3v) is 9.54. The smallest absolute Gasteiger partial charge is 0.451 e. The van der Waals surface area contributed by atoms with E-state index in [1.54, 1.807) is 24.4 Å². The largest absolute Gasteiger partial charge is 0.481 e. The first-order valence-corrected chi connectivity index (χ1v) is 16.2. The van der Waals surface area contributed by atoms with Crippen LogP contribution in [0.2, 0.25) is 5.02 Å². The number of pyridine rings is 1. The van der Waals surface area contributed by atoms with Crippen molar-refractivity contribution in [1.29, 1.82) is 0 Å². The second-order valence-corrected chi connectivity index (χ2v) is 12.8. The Morgan fingerprint density at radius 1 is 1.02 bits per heavy atom. The van der Waals surface area contributed by atoms with Crippen molar-refractivity contribution in [3.05, 3.63) is 93.9 Å². The van der Waals surface area contributed by atoms with E-state index in [9.17, 15) is 17.6 Å². The van der Waals surface area contributed by atoms with E-state index in [0.717, 1.165) is 60.6 Å². The monoisotopic (exact) mass is 679 g/mol. The summed E-state index contributed by atoms with van der Waals surface area (Å²) in [6.07, 6.45) is 3.09. The molecule has 3 aliphatic heterocycles. The number of H-pyrrole nitrogens is 1. The molecule has 1 N–H and O–H groups in total. The zero-order valence-corrected chi connectivity index (χ0v) is 26.3. The summed E-state index contributed by atoms with van der Waals surface area (Å²) in [7, 11) is 0. The van der Waals surface area contributed by atoms with E-state index in [4.69, 9.17) is 26.1 Å². The number of likely N-dealkylation sites (tertiary alicyclic amines) is 1. The van der Waals surface area contributed by atoms with Crippen LogP contribution in [0.3, 0.4) is 0 Å². The third-order valence-electron chi connectivity index (χ3n) is 9.31. The van der Waals surface area contributed by atoms with E-state index in [1.165, 1.54) is 6.07 Å². The van der Waals surface area contributed by atoms with Gasteiger partial charge in [-0.2, -0.15) is 18.3 Å². The molecule has 2 fully saturated rings. The minimum Gasteiger partial charge on any atom is -0.481 e. The maximum absolute atomic E-state index is 14.7. The molecule has 5 aromatic rings. The number of rotatable bonds is 7. The van der Waals surface area contributed by atoms with Gasteiger partial charge >= 0.3 is 6.18 Å².